The number of rotatable bonds is 11. The molecule has 29 heavy (non-hydrogen) atoms. The molecular formula is C23H33BrO4S. The van der Waals surface area contributed by atoms with Crippen LogP contribution in [0.1, 0.15) is 60.3 Å². The highest BCUT2D eigenvalue weighted by molar-refractivity contribution is 9.10. The predicted molar refractivity (Wildman–Crippen MR) is 122 cm³/mol. The van der Waals surface area contributed by atoms with E-state index in [9.17, 15) is 15.0 Å². The molecule has 0 saturated heterocycles. The van der Waals surface area contributed by atoms with E-state index >= 15 is 0 Å². The van der Waals surface area contributed by atoms with Gasteiger partial charge in [-0.1, -0.05) is 24.3 Å². The fourth-order valence-corrected chi connectivity index (χ4v) is 5.67. The number of thiophene rings is 1. The molecule has 4 nitrogen and oxygen atoms in total. The van der Waals surface area contributed by atoms with Gasteiger partial charge in [-0.25, -0.2) is 0 Å². The van der Waals surface area contributed by atoms with E-state index in [1.807, 2.05) is 12.2 Å². The minimum absolute atomic E-state index is 0.173. The van der Waals surface area contributed by atoms with Crippen molar-refractivity contribution in [3.05, 3.63) is 44.1 Å². The average molecular weight is 485 g/mol. The molecule has 1 unspecified atom stereocenters. The van der Waals surface area contributed by atoms with Gasteiger partial charge >= 0.3 is 5.97 Å². The van der Waals surface area contributed by atoms with E-state index in [1.165, 1.54) is 19.8 Å². The number of carbonyl (C=O) groups is 1. The SMILES string of the molecule is Cc1sc(CC[C@H](O)C=C[C@H]2CCC(O)[C@@H]2CC=CCCCC(=O)O)c(C)c1Br. The lowest BCUT2D eigenvalue weighted by Crippen LogP contribution is -2.17. The van der Waals surface area contributed by atoms with Gasteiger partial charge in [-0.2, -0.15) is 0 Å². The molecule has 0 radical (unpaired) electrons. The Balaban J connectivity index is 1.80. The van der Waals surface area contributed by atoms with Crippen molar-refractivity contribution < 1.29 is 20.1 Å². The minimum Gasteiger partial charge on any atom is -0.481 e. The number of hydrogen-bond donors (Lipinski definition) is 3. The van der Waals surface area contributed by atoms with Crippen LogP contribution in [0.5, 0.6) is 0 Å². The molecule has 0 spiro atoms. The van der Waals surface area contributed by atoms with Crippen molar-refractivity contribution in [1.82, 2.24) is 0 Å². The number of carboxylic acid groups (broad SMARTS) is 1. The highest BCUT2D eigenvalue weighted by Gasteiger charge is 2.32. The lowest BCUT2D eigenvalue weighted by molar-refractivity contribution is -0.137. The normalized spacial score (nSPS) is 23.4. The van der Waals surface area contributed by atoms with Crippen molar-refractivity contribution in [1.29, 1.82) is 0 Å². The Morgan fingerprint density at radius 1 is 1.31 bits per heavy atom. The monoisotopic (exact) mass is 484 g/mol. The Labute approximate surface area is 186 Å². The number of aryl methyl sites for hydroxylation is 2. The summed E-state index contributed by atoms with van der Waals surface area (Å²) < 4.78 is 1.18. The molecule has 6 heteroatoms. The largest absolute Gasteiger partial charge is 0.481 e. The van der Waals surface area contributed by atoms with E-state index in [4.69, 9.17) is 5.11 Å². The highest BCUT2D eigenvalue weighted by atomic mass is 79.9. The zero-order valence-corrected chi connectivity index (χ0v) is 19.7. The van der Waals surface area contributed by atoms with Gasteiger partial charge in [0, 0.05) is 20.6 Å². The van der Waals surface area contributed by atoms with Gasteiger partial charge in [-0.05, 0) is 92.1 Å². The van der Waals surface area contributed by atoms with Crippen LogP contribution < -0.4 is 0 Å². The van der Waals surface area contributed by atoms with Crippen LogP contribution in [0.15, 0.2) is 28.8 Å². The molecule has 3 N–H and O–H groups in total. The molecule has 0 amide bonds. The Hall–Kier alpha value is -0.950. The van der Waals surface area contributed by atoms with Crippen molar-refractivity contribution in [2.45, 2.75) is 77.4 Å². The summed E-state index contributed by atoms with van der Waals surface area (Å²) in [4.78, 5) is 13.1. The van der Waals surface area contributed by atoms with Gasteiger partial charge in [0.05, 0.1) is 12.2 Å². The van der Waals surface area contributed by atoms with Crippen LogP contribution in [0.2, 0.25) is 0 Å². The number of allylic oxidation sites excluding steroid dienone is 3. The summed E-state index contributed by atoms with van der Waals surface area (Å²) in [6.45, 7) is 4.22. The molecule has 1 heterocycles. The fraction of sp³-hybridized carbons (Fsp3) is 0.609. The summed E-state index contributed by atoms with van der Waals surface area (Å²) >= 11 is 5.40. The fourth-order valence-electron chi connectivity index (χ4n) is 3.97. The summed E-state index contributed by atoms with van der Waals surface area (Å²) in [5.41, 5.74) is 1.28. The molecular weight excluding hydrogens is 452 g/mol. The van der Waals surface area contributed by atoms with E-state index < -0.39 is 12.1 Å². The zero-order valence-electron chi connectivity index (χ0n) is 17.3. The average Bonchev–Trinajstić information content (AvgIpc) is 3.15. The highest BCUT2D eigenvalue weighted by Crippen LogP contribution is 2.36. The van der Waals surface area contributed by atoms with Crippen molar-refractivity contribution >= 4 is 33.2 Å². The molecule has 1 aromatic heterocycles. The maximum absolute atomic E-state index is 10.5. The van der Waals surface area contributed by atoms with Gasteiger partial charge in [0.25, 0.3) is 0 Å². The molecule has 1 fully saturated rings. The molecule has 0 aromatic carbocycles. The minimum atomic E-state index is -0.759. The van der Waals surface area contributed by atoms with Crippen LogP contribution >= 0.6 is 27.3 Å². The van der Waals surface area contributed by atoms with Crippen molar-refractivity contribution in [2.24, 2.45) is 11.8 Å². The summed E-state index contributed by atoms with van der Waals surface area (Å²) in [5.74, 6) is -0.305. The molecule has 0 aliphatic heterocycles. The van der Waals surface area contributed by atoms with Crippen LogP contribution in [0.25, 0.3) is 0 Å². The van der Waals surface area contributed by atoms with Crippen LogP contribution in [0.3, 0.4) is 0 Å². The number of carboxylic acids is 1. The van der Waals surface area contributed by atoms with Crippen LogP contribution in [0, 0.1) is 25.7 Å². The molecule has 0 bridgehead atoms. The third-order valence-electron chi connectivity index (χ3n) is 5.76. The molecule has 162 valence electrons. The van der Waals surface area contributed by atoms with Crippen LogP contribution in [-0.2, 0) is 11.2 Å². The van der Waals surface area contributed by atoms with E-state index in [1.54, 1.807) is 11.3 Å². The quantitative estimate of drug-likeness (QED) is 0.283. The molecule has 4 atom stereocenters. The molecule has 1 saturated carbocycles. The second kappa shape index (κ2) is 12.0. The first kappa shape index (κ1) is 24.3. The number of aliphatic hydroxyl groups is 2. The number of aliphatic hydroxyl groups excluding tert-OH is 2. The second-order valence-corrected chi connectivity index (χ2v) is 10.1. The number of aliphatic carboxylic acids is 1. The third kappa shape index (κ3) is 7.67. The van der Waals surface area contributed by atoms with Gasteiger partial charge in [0.15, 0.2) is 0 Å². The van der Waals surface area contributed by atoms with E-state index in [0.29, 0.717) is 12.8 Å². The van der Waals surface area contributed by atoms with E-state index in [2.05, 4.69) is 41.9 Å². The van der Waals surface area contributed by atoms with Crippen molar-refractivity contribution in [3.8, 4) is 0 Å². The number of halogens is 1. The molecule has 1 aliphatic carbocycles. The van der Waals surface area contributed by atoms with Gasteiger partial charge in [0.2, 0.25) is 0 Å². The topological polar surface area (TPSA) is 77.8 Å². The van der Waals surface area contributed by atoms with Crippen molar-refractivity contribution in [2.75, 3.05) is 0 Å². The van der Waals surface area contributed by atoms with Gasteiger partial charge < -0.3 is 15.3 Å². The number of unbranched alkanes of at least 4 members (excludes halogenated alkanes) is 1. The molecule has 1 aromatic rings. The van der Waals surface area contributed by atoms with Gasteiger partial charge in [-0.3, -0.25) is 4.79 Å². The molecule has 2 rings (SSSR count). The Bertz CT molecular complexity index is 725. The van der Waals surface area contributed by atoms with Gasteiger partial charge in [-0.15, -0.1) is 11.3 Å². The first-order chi connectivity index (χ1) is 13.8. The first-order valence-electron chi connectivity index (χ1n) is 10.4. The lowest BCUT2D eigenvalue weighted by Gasteiger charge is -2.18. The Morgan fingerprint density at radius 2 is 2.07 bits per heavy atom. The molecule has 1 aliphatic rings. The summed E-state index contributed by atoms with van der Waals surface area (Å²) in [6.07, 6.45) is 13.0. The Kier molecular flexibility index (Phi) is 10.1. The summed E-state index contributed by atoms with van der Waals surface area (Å²) in [6, 6.07) is 0. The Morgan fingerprint density at radius 3 is 2.72 bits per heavy atom. The standard InChI is InChI=1S/C23H33BrO4S/c1-15-21(29-16(2)23(15)24)14-12-18(25)11-9-17-10-13-20(26)19(17)7-5-3-4-6-8-22(27)28/h3,5,9,11,17-20,25-26H,4,6-8,10,12-14H2,1-2H3,(H,27,28)/t17-,18+,19+,20?/m0/s1. The van der Waals surface area contributed by atoms with E-state index in [-0.39, 0.29) is 24.4 Å². The lowest BCUT2D eigenvalue weighted by atomic mass is 9.90. The summed E-state index contributed by atoms with van der Waals surface area (Å²) in [5, 5.41) is 29.3. The maximum atomic E-state index is 10.5. The smallest absolute Gasteiger partial charge is 0.303 e. The predicted octanol–water partition coefficient (Wildman–Crippen LogP) is 5.57. The van der Waals surface area contributed by atoms with Crippen molar-refractivity contribution in [3.63, 3.8) is 0 Å². The maximum Gasteiger partial charge on any atom is 0.303 e. The number of hydrogen-bond acceptors (Lipinski definition) is 4. The van der Waals surface area contributed by atoms with E-state index in [0.717, 1.165) is 32.1 Å². The van der Waals surface area contributed by atoms with Crippen LogP contribution in [-0.4, -0.2) is 33.5 Å². The second-order valence-electron chi connectivity index (χ2n) is 7.98. The summed E-state index contributed by atoms with van der Waals surface area (Å²) in [7, 11) is 0. The first-order valence-corrected chi connectivity index (χ1v) is 12.1. The van der Waals surface area contributed by atoms with Gasteiger partial charge in [0.1, 0.15) is 0 Å². The van der Waals surface area contributed by atoms with Crippen LogP contribution in [0.4, 0.5) is 0 Å². The zero-order chi connectivity index (χ0) is 21.4. The third-order valence-corrected chi connectivity index (χ3v) is 8.48.